The minimum absolute atomic E-state index is 0.102. The van der Waals surface area contributed by atoms with E-state index >= 15 is 0 Å². The van der Waals surface area contributed by atoms with E-state index in [4.69, 9.17) is 0 Å². The molecule has 0 spiro atoms. The van der Waals surface area contributed by atoms with Gasteiger partial charge in [-0.25, -0.2) is 4.98 Å². The maximum Gasteiger partial charge on any atom is 0.224 e. The number of amides is 2. The van der Waals surface area contributed by atoms with E-state index < -0.39 is 0 Å². The quantitative estimate of drug-likeness (QED) is 0.750. The molecule has 5 heteroatoms. The second kappa shape index (κ2) is 4.74. The van der Waals surface area contributed by atoms with Crippen molar-refractivity contribution in [2.45, 2.75) is 13.8 Å². The molecule has 1 rings (SSSR count). The lowest BCUT2D eigenvalue weighted by Gasteiger charge is -2.18. The highest BCUT2D eigenvalue weighted by atomic mass is 16.2. The lowest BCUT2D eigenvalue weighted by Crippen LogP contribution is -2.27. The number of pyridine rings is 1. The van der Waals surface area contributed by atoms with Crippen molar-refractivity contribution in [2.75, 3.05) is 23.9 Å². The minimum Gasteiger partial charge on any atom is -0.300 e. The molecule has 0 aliphatic rings. The van der Waals surface area contributed by atoms with Crippen LogP contribution in [0.25, 0.3) is 0 Å². The highest BCUT2D eigenvalue weighted by Crippen LogP contribution is 2.15. The zero-order valence-corrected chi connectivity index (χ0v) is 9.89. The van der Waals surface area contributed by atoms with E-state index in [2.05, 4.69) is 4.98 Å². The van der Waals surface area contributed by atoms with Crippen LogP contribution in [0, 0.1) is 0 Å². The molecule has 0 fully saturated rings. The van der Waals surface area contributed by atoms with Crippen LogP contribution in [0.3, 0.4) is 0 Å². The van der Waals surface area contributed by atoms with Crippen LogP contribution in [0.5, 0.6) is 0 Å². The zero-order valence-electron chi connectivity index (χ0n) is 9.89. The summed E-state index contributed by atoms with van der Waals surface area (Å²) in [4.78, 5) is 29.4. The normalized spacial score (nSPS) is 9.75. The van der Waals surface area contributed by atoms with Crippen LogP contribution in [0.4, 0.5) is 11.6 Å². The molecule has 1 aromatic rings. The fraction of sp³-hybridized carbons (Fsp3) is 0.364. The summed E-state index contributed by atoms with van der Waals surface area (Å²) in [6.45, 7) is 2.92. The monoisotopic (exact) mass is 221 g/mol. The first-order valence-electron chi connectivity index (χ1n) is 4.89. The van der Waals surface area contributed by atoms with Crippen molar-refractivity contribution < 1.29 is 9.59 Å². The number of hydrogen-bond donors (Lipinski definition) is 0. The van der Waals surface area contributed by atoms with Crippen LogP contribution in [0.2, 0.25) is 0 Å². The zero-order chi connectivity index (χ0) is 12.3. The molecule has 1 heterocycles. The lowest BCUT2D eigenvalue weighted by molar-refractivity contribution is -0.117. The molecule has 16 heavy (non-hydrogen) atoms. The molecule has 0 N–H and O–H groups in total. The molecule has 0 radical (unpaired) electrons. The molecule has 0 bridgehead atoms. The van der Waals surface area contributed by atoms with Crippen LogP contribution >= 0.6 is 0 Å². The molecular formula is C11H15N3O2. The first-order chi connectivity index (χ1) is 7.43. The van der Waals surface area contributed by atoms with Gasteiger partial charge in [0.15, 0.2) is 0 Å². The summed E-state index contributed by atoms with van der Waals surface area (Å²) < 4.78 is 0. The van der Waals surface area contributed by atoms with Crippen molar-refractivity contribution in [1.82, 2.24) is 4.98 Å². The Morgan fingerprint density at radius 2 is 1.38 bits per heavy atom. The van der Waals surface area contributed by atoms with Gasteiger partial charge in [0.25, 0.3) is 0 Å². The number of aromatic nitrogens is 1. The molecule has 0 unspecified atom stereocenters. The summed E-state index contributed by atoms with van der Waals surface area (Å²) in [6.07, 6.45) is 0. The van der Waals surface area contributed by atoms with E-state index in [-0.39, 0.29) is 11.8 Å². The summed E-state index contributed by atoms with van der Waals surface area (Å²) in [7, 11) is 3.28. The third-order valence-electron chi connectivity index (χ3n) is 2.35. The van der Waals surface area contributed by atoms with E-state index in [9.17, 15) is 9.59 Å². The average Bonchev–Trinajstić information content (AvgIpc) is 2.26. The van der Waals surface area contributed by atoms with Crippen molar-refractivity contribution >= 4 is 23.5 Å². The summed E-state index contributed by atoms with van der Waals surface area (Å²) >= 11 is 0. The van der Waals surface area contributed by atoms with E-state index in [0.717, 1.165) is 0 Å². The van der Waals surface area contributed by atoms with Crippen molar-refractivity contribution in [2.24, 2.45) is 0 Å². The third kappa shape index (κ3) is 2.56. The number of carbonyl (C=O) groups is 2. The summed E-state index contributed by atoms with van der Waals surface area (Å²) in [6, 6.07) is 5.20. The molecule has 0 saturated carbocycles. The van der Waals surface area contributed by atoms with Crippen LogP contribution in [0.15, 0.2) is 18.2 Å². The van der Waals surface area contributed by atoms with Crippen molar-refractivity contribution in [3.63, 3.8) is 0 Å². The second-order valence-electron chi connectivity index (χ2n) is 3.51. The lowest BCUT2D eigenvalue weighted by atomic mass is 10.4. The predicted octanol–water partition coefficient (Wildman–Crippen LogP) is 1.05. The Morgan fingerprint density at radius 3 is 1.69 bits per heavy atom. The van der Waals surface area contributed by atoms with Gasteiger partial charge in [-0.1, -0.05) is 6.07 Å². The molecule has 1 aromatic heterocycles. The molecule has 5 nitrogen and oxygen atoms in total. The second-order valence-corrected chi connectivity index (χ2v) is 3.51. The largest absolute Gasteiger partial charge is 0.300 e. The fourth-order valence-corrected chi connectivity index (χ4v) is 1.11. The summed E-state index contributed by atoms with van der Waals surface area (Å²) in [5, 5.41) is 0. The van der Waals surface area contributed by atoms with Gasteiger partial charge in [0, 0.05) is 27.9 Å². The first-order valence-corrected chi connectivity index (χ1v) is 4.89. The van der Waals surface area contributed by atoms with Crippen LogP contribution in [-0.2, 0) is 9.59 Å². The van der Waals surface area contributed by atoms with Gasteiger partial charge >= 0.3 is 0 Å². The van der Waals surface area contributed by atoms with Gasteiger partial charge in [0.2, 0.25) is 11.8 Å². The Balaban J connectivity index is 3.04. The van der Waals surface area contributed by atoms with Crippen LogP contribution in [0.1, 0.15) is 13.8 Å². The number of anilines is 2. The highest BCUT2D eigenvalue weighted by Gasteiger charge is 2.11. The number of rotatable bonds is 2. The van der Waals surface area contributed by atoms with E-state index in [0.29, 0.717) is 11.6 Å². The van der Waals surface area contributed by atoms with Crippen LogP contribution < -0.4 is 9.80 Å². The molecule has 0 saturated heterocycles. The Kier molecular flexibility index (Phi) is 3.60. The number of carbonyl (C=O) groups excluding carboxylic acids is 2. The van der Waals surface area contributed by atoms with E-state index in [1.54, 1.807) is 32.3 Å². The number of hydrogen-bond acceptors (Lipinski definition) is 3. The van der Waals surface area contributed by atoms with Crippen molar-refractivity contribution in [3.8, 4) is 0 Å². The molecule has 86 valence electrons. The Hall–Kier alpha value is -1.91. The van der Waals surface area contributed by atoms with Crippen molar-refractivity contribution in [1.29, 1.82) is 0 Å². The highest BCUT2D eigenvalue weighted by molar-refractivity contribution is 5.92. The maximum atomic E-state index is 11.2. The predicted molar refractivity (Wildman–Crippen MR) is 62.4 cm³/mol. The molecule has 0 atom stereocenters. The standard InChI is InChI=1S/C11H15N3O2/c1-8(15)13(3)10-6-5-7-11(12-10)14(4)9(2)16/h5-7H,1-4H3. The van der Waals surface area contributed by atoms with E-state index in [1.165, 1.54) is 23.6 Å². The first kappa shape index (κ1) is 12.2. The topological polar surface area (TPSA) is 53.5 Å². The SMILES string of the molecule is CC(=O)N(C)c1cccc(N(C)C(C)=O)n1. The molecule has 0 aliphatic carbocycles. The van der Waals surface area contributed by atoms with Gasteiger partial charge in [-0.3, -0.25) is 9.59 Å². The van der Waals surface area contributed by atoms with Gasteiger partial charge in [-0.05, 0) is 12.1 Å². The minimum atomic E-state index is -0.102. The average molecular weight is 221 g/mol. The smallest absolute Gasteiger partial charge is 0.224 e. The molecular weight excluding hydrogens is 206 g/mol. The van der Waals surface area contributed by atoms with Gasteiger partial charge in [-0.2, -0.15) is 0 Å². The van der Waals surface area contributed by atoms with Gasteiger partial charge in [0.05, 0.1) is 0 Å². The maximum absolute atomic E-state index is 11.2. The summed E-state index contributed by atoms with van der Waals surface area (Å²) in [5.41, 5.74) is 0. The summed E-state index contributed by atoms with van der Waals surface area (Å²) in [5.74, 6) is 0.849. The Morgan fingerprint density at radius 1 is 1.00 bits per heavy atom. The van der Waals surface area contributed by atoms with Gasteiger partial charge in [-0.15, -0.1) is 0 Å². The molecule has 2 amide bonds. The number of nitrogens with zero attached hydrogens (tertiary/aromatic N) is 3. The molecule has 0 aliphatic heterocycles. The Labute approximate surface area is 94.7 Å². The fourth-order valence-electron chi connectivity index (χ4n) is 1.11. The van der Waals surface area contributed by atoms with E-state index in [1.807, 2.05) is 0 Å². The van der Waals surface area contributed by atoms with Gasteiger partial charge < -0.3 is 9.80 Å². The van der Waals surface area contributed by atoms with Gasteiger partial charge in [0.1, 0.15) is 11.6 Å². The Bertz CT molecular complexity index is 382. The van der Waals surface area contributed by atoms with Crippen molar-refractivity contribution in [3.05, 3.63) is 18.2 Å². The van der Waals surface area contributed by atoms with Crippen LogP contribution in [-0.4, -0.2) is 30.9 Å². The third-order valence-corrected chi connectivity index (χ3v) is 2.35. The molecule has 0 aromatic carbocycles.